The molecule has 0 bridgehead atoms. The molecule has 2 aromatic carbocycles. The van der Waals surface area contributed by atoms with E-state index in [1.54, 1.807) is 30.3 Å². The molecule has 31 heavy (non-hydrogen) atoms. The average molecular weight is 462 g/mol. The van der Waals surface area contributed by atoms with Gasteiger partial charge in [-0.2, -0.15) is 4.31 Å². The molecule has 2 N–H and O–H groups in total. The first-order valence-electron chi connectivity index (χ1n) is 9.64. The van der Waals surface area contributed by atoms with Crippen LogP contribution in [0.5, 0.6) is 0 Å². The van der Waals surface area contributed by atoms with Gasteiger partial charge in [-0.3, -0.25) is 9.89 Å². The summed E-state index contributed by atoms with van der Waals surface area (Å²) in [6, 6.07) is 12.4. The monoisotopic (exact) mass is 461 g/mol. The van der Waals surface area contributed by atoms with E-state index in [1.807, 2.05) is 0 Å². The highest BCUT2D eigenvalue weighted by Gasteiger charge is 2.27. The SMILES string of the molecule is O=C(CSc1n[nH]c(-c2ccccc2F)n1)Nc1cccc(S(=O)(=O)N2CCCC2)c1. The number of nitrogens with one attached hydrogen (secondary N) is 2. The normalized spacial score (nSPS) is 14.6. The van der Waals surface area contributed by atoms with E-state index in [9.17, 15) is 17.6 Å². The second-order valence-electron chi connectivity index (χ2n) is 6.92. The van der Waals surface area contributed by atoms with Gasteiger partial charge in [0.05, 0.1) is 16.2 Å². The number of amides is 1. The summed E-state index contributed by atoms with van der Waals surface area (Å²) in [7, 11) is -3.56. The Kier molecular flexibility index (Phi) is 6.35. The summed E-state index contributed by atoms with van der Waals surface area (Å²) in [6.45, 7) is 1.03. The van der Waals surface area contributed by atoms with Crippen molar-refractivity contribution in [3.05, 3.63) is 54.3 Å². The number of carbonyl (C=O) groups is 1. The zero-order valence-corrected chi connectivity index (χ0v) is 18.0. The fourth-order valence-electron chi connectivity index (χ4n) is 3.22. The van der Waals surface area contributed by atoms with Crippen LogP contribution in [-0.2, 0) is 14.8 Å². The number of thioether (sulfide) groups is 1. The number of H-pyrrole nitrogens is 1. The number of sulfonamides is 1. The zero-order chi connectivity index (χ0) is 21.8. The lowest BCUT2D eigenvalue weighted by Gasteiger charge is -2.16. The first-order valence-corrected chi connectivity index (χ1v) is 12.1. The number of nitrogens with zero attached hydrogens (tertiary/aromatic N) is 3. The summed E-state index contributed by atoms with van der Waals surface area (Å²) in [4.78, 5) is 16.7. The molecule has 162 valence electrons. The van der Waals surface area contributed by atoms with Crippen molar-refractivity contribution in [3.63, 3.8) is 0 Å². The lowest BCUT2D eigenvalue weighted by Crippen LogP contribution is -2.28. The van der Waals surface area contributed by atoms with E-state index in [4.69, 9.17) is 0 Å². The van der Waals surface area contributed by atoms with Crippen molar-refractivity contribution >= 4 is 33.4 Å². The first-order chi connectivity index (χ1) is 14.9. The number of aromatic amines is 1. The van der Waals surface area contributed by atoms with Crippen LogP contribution >= 0.6 is 11.8 Å². The van der Waals surface area contributed by atoms with Gasteiger partial charge in [0.25, 0.3) is 0 Å². The predicted octanol–water partition coefficient (Wildman–Crippen LogP) is 3.13. The highest BCUT2D eigenvalue weighted by atomic mass is 32.2. The van der Waals surface area contributed by atoms with E-state index in [0.717, 1.165) is 24.6 Å². The third-order valence-electron chi connectivity index (χ3n) is 4.75. The van der Waals surface area contributed by atoms with Gasteiger partial charge in [0.2, 0.25) is 21.1 Å². The van der Waals surface area contributed by atoms with Crippen molar-refractivity contribution < 1.29 is 17.6 Å². The number of carbonyl (C=O) groups excluding carboxylic acids is 1. The Balaban J connectivity index is 1.37. The molecule has 1 aliphatic rings. The lowest BCUT2D eigenvalue weighted by atomic mass is 10.2. The van der Waals surface area contributed by atoms with Gasteiger partial charge in [-0.25, -0.2) is 17.8 Å². The molecular weight excluding hydrogens is 441 g/mol. The topological polar surface area (TPSA) is 108 Å². The highest BCUT2D eigenvalue weighted by molar-refractivity contribution is 7.99. The van der Waals surface area contributed by atoms with Crippen LogP contribution < -0.4 is 5.32 Å². The molecule has 0 unspecified atom stereocenters. The molecule has 0 atom stereocenters. The minimum atomic E-state index is -3.56. The van der Waals surface area contributed by atoms with Crippen LogP contribution in [0.4, 0.5) is 10.1 Å². The van der Waals surface area contributed by atoms with Crippen LogP contribution in [-0.4, -0.2) is 52.7 Å². The Morgan fingerprint density at radius 2 is 1.94 bits per heavy atom. The van der Waals surface area contributed by atoms with Crippen molar-refractivity contribution in [2.45, 2.75) is 22.9 Å². The Morgan fingerprint density at radius 1 is 1.16 bits per heavy atom. The number of hydrogen-bond donors (Lipinski definition) is 2. The van der Waals surface area contributed by atoms with Crippen molar-refractivity contribution in [1.29, 1.82) is 0 Å². The highest BCUT2D eigenvalue weighted by Crippen LogP contribution is 2.24. The second kappa shape index (κ2) is 9.16. The molecule has 1 fully saturated rings. The van der Waals surface area contributed by atoms with Gasteiger partial charge in [0.1, 0.15) is 5.82 Å². The summed E-state index contributed by atoms with van der Waals surface area (Å²) in [5.41, 5.74) is 0.690. The number of anilines is 1. The molecule has 1 saturated heterocycles. The number of halogens is 1. The smallest absolute Gasteiger partial charge is 0.243 e. The van der Waals surface area contributed by atoms with Gasteiger partial charge in [-0.05, 0) is 43.2 Å². The number of aromatic nitrogens is 3. The summed E-state index contributed by atoms with van der Waals surface area (Å²) in [6.07, 6.45) is 1.71. The molecule has 1 aromatic heterocycles. The van der Waals surface area contributed by atoms with Crippen molar-refractivity contribution in [3.8, 4) is 11.4 Å². The molecular formula is C20H20FN5O3S2. The summed E-state index contributed by atoms with van der Waals surface area (Å²) in [5.74, 6) is -0.465. The maximum atomic E-state index is 13.9. The van der Waals surface area contributed by atoms with Crippen LogP contribution in [0.25, 0.3) is 11.4 Å². The van der Waals surface area contributed by atoms with Gasteiger partial charge < -0.3 is 5.32 Å². The lowest BCUT2D eigenvalue weighted by molar-refractivity contribution is -0.113. The van der Waals surface area contributed by atoms with E-state index in [0.29, 0.717) is 29.5 Å². The Morgan fingerprint density at radius 3 is 2.71 bits per heavy atom. The second-order valence-corrected chi connectivity index (χ2v) is 9.80. The quantitative estimate of drug-likeness (QED) is 0.524. The molecule has 3 aromatic rings. The first kappa shape index (κ1) is 21.5. The summed E-state index contributed by atoms with van der Waals surface area (Å²) < 4.78 is 40.7. The standard InChI is InChI=1S/C20H20FN5O3S2/c21-17-9-2-1-8-16(17)19-23-20(25-24-19)30-13-18(27)22-14-6-5-7-15(12-14)31(28,29)26-10-3-4-11-26/h1-2,5-9,12H,3-4,10-11,13H2,(H,22,27)(H,23,24,25). The van der Waals surface area contributed by atoms with Gasteiger partial charge in [-0.1, -0.05) is 30.0 Å². The zero-order valence-electron chi connectivity index (χ0n) is 16.4. The summed E-state index contributed by atoms with van der Waals surface area (Å²) >= 11 is 1.08. The van der Waals surface area contributed by atoms with Crippen LogP contribution in [0.1, 0.15) is 12.8 Å². The molecule has 0 saturated carbocycles. The van der Waals surface area contributed by atoms with Gasteiger partial charge >= 0.3 is 0 Å². The van der Waals surface area contributed by atoms with E-state index in [2.05, 4.69) is 20.5 Å². The molecule has 8 nitrogen and oxygen atoms in total. The predicted molar refractivity (Wildman–Crippen MR) is 116 cm³/mol. The Labute approximate surface area is 183 Å². The van der Waals surface area contributed by atoms with Crippen molar-refractivity contribution in [2.24, 2.45) is 0 Å². The van der Waals surface area contributed by atoms with Crippen LogP contribution in [0.3, 0.4) is 0 Å². The molecule has 11 heteroatoms. The van der Waals surface area contributed by atoms with E-state index in [-0.39, 0.29) is 22.4 Å². The molecule has 1 aliphatic heterocycles. The van der Waals surface area contributed by atoms with Crippen LogP contribution in [0.15, 0.2) is 58.6 Å². The molecule has 0 radical (unpaired) electrons. The van der Waals surface area contributed by atoms with E-state index in [1.165, 1.54) is 22.5 Å². The largest absolute Gasteiger partial charge is 0.325 e. The molecule has 4 rings (SSSR count). The molecule has 2 heterocycles. The van der Waals surface area contributed by atoms with Gasteiger partial charge in [0.15, 0.2) is 5.82 Å². The van der Waals surface area contributed by atoms with E-state index >= 15 is 0 Å². The van der Waals surface area contributed by atoms with Gasteiger partial charge in [0, 0.05) is 18.8 Å². The maximum Gasteiger partial charge on any atom is 0.243 e. The van der Waals surface area contributed by atoms with Crippen molar-refractivity contribution in [2.75, 3.05) is 24.2 Å². The molecule has 0 spiro atoms. The van der Waals surface area contributed by atoms with Gasteiger partial charge in [-0.15, -0.1) is 5.10 Å². The molecule has 0 aliphatic carbocycles. The number of hydrogen-bond acceptors (Lipinski definition) is 6. The fraction of sp³-hybridized carbons (Fsp3) is 0.250. The number of benzene rings is 2. The number of rotatable bonds is 7. The third-order valence-corrected chi connectivity index (χ3v) is 7.49. The van der Waals surface area contributed by atoms with Crippen molar-refractivity contribution in [1.82, 2.24) is 19.5 Å². The summed E-state index contributed by atoms with van der Waals surface area (Å²) in [5, 5.41) is 9.66. The Hall–Kier alpha value is -2.76. The minimum absolute atomic E-state index is 0.0116. The maximum absolute atomic E-state index is 13.9. The third kappa shape index (κ3) is 4.94. The Bertz CT molecular complexity index is 1190. The van der Waals surface area contributed by atoms with E-state index < -0.39 is 15.8 Å². The molecule has 1 amide bonds. The van der Waals surface area contributed by atoms with Crippen LogP contribution in [0.2, 0.25) is 0 Å². The fourth-order valence-corrected chi connectivity index (χ4v) is 5.39. The average Bonchev–Trinajstić information content (AvgIpc) is 3.46. The van der Waals surface area contributed by atoms with Crippen LogP contribution in [0, 0.1) is 5.82 Å². The minimum Gasteiger partial charge on any atom is -0.325 e.